The van der Waals surface area contributed by atoms with Crippen LogP contribution in [0.25, 0.3) is 0 Å². The lowest BCUT2D eigenvalue weighted by molar-refractivity contribution is -0.124. The van der Waals surface area contributed by atoms with Crippen molar-refractivity contribution in [3.05, 3.63) is 65.2 Å². The lowest BCUT2D eigenvalue weighted by atomic mass is 9.98. The molecule has 2 aliphatic rings. The summed E-state index contributed by atoms with van der Waals surface area (Å²) in [6.45, 7) is 4.72. The maximum Gasteiger partial charge on any atom is 0.244 e. The van der Waals surface area contributed by atoms with Crippen LogP contribution in [0.3, 0.4) is 0 Å². The molecule has 1 saturated carbocycles. The summed E-state index contributed by atoms with van der Waals surface area (Å²) in [6, 6.07) is 14.0. The number of ketones is 1. The Bertz CT molecular complexity index is 902. The summed E-state index contributed by atoms with van der Waals surface area (Å²) in [6.07, 6.45) is 0.405. The van der Waals surface area contributed by atoms with Gasteiger partial charge < -0.3 is 15.2 Å². The highest BCUT2D eigenvalue weighted by atomic mass is 16.5. The molecule has 2 aromatic carbocycles. The number of nitrogens with one attached hydrogen (secondary N) is 1. The van der Waals surface area contributed by atoms with Crippen molar-refractivity contribution in [3.8, 4) is 0 Å². The normalized spacial score (nSPS) is 19.4. The Morgan fingerprint density at radius 1 is 1.10 bits per heavy atom. The predicted molar refractivity (Wildman–Crippen MR) is 110 cm³/mol. The van der Waals surface area contributed by atoms with E-state index in [1.165, 1.54) is 0 Å². The molecule has 6 heteroatoms. The molecule has 0 spiro atoms. The van der Waals surface area contributed by atoms with E-state index < -0.39 is 11.6 Å². The molecule has 0 aromatic heterocycles. The molecule has 1 unspecified atom stereocenters. The molecule has 1 aliphatic carbocycles. The molecule has 2 N–H and O–H groups in total. The Balaban J connectivity index is 1.51. The van der Waals surface area contributed by atoms with Gasteiger partial charge in [0.05, 0.1) is 13.2 Å². The fourth-order valence-electron chi connectivity index (χ4n) is 3.89. The average Bonchev–Trinajstić information content (AvgIpc) is 3.58. The van der Waals surface area contributed by atoms with Crippen molar-refractivity contribution in [3.63, 3.8) is 0 Å². The Labute approximate surface area is 170 Å². The van der Waals surface area contributed by atoms with Crippen LogP contribution in [0.5, 0.6) is 0 Å². The molecule has 1 aliphatic heterocycles. The van der Waals surface area contributed by atoms with Crippen molar-refractivity contribution >= 4 is 17.4 Å². The number of anilines is 1. The number of aliphatic hydroxyl groups is 1. The van der Waals surface area contributed by atoms with Gasteiger partial charge in [0.2, 0.25) is 5.91 Å². The van der Waals surface area contributed by atoms with E-state index in [2.05, 4.69) is 10.2 Å². The van der Waals surface area contributed by atoms with Crippen LogP contribution in [0.1, 0.15) is 40.4 Å². The lowest BCUT2D eigenvalue weighted by Gasteiger charge is -2.34. The number of nitrogens with zero attached hydrogens (tertiary/aromatic N) is 1. The van der Waals surface area contributed by atoms with Gasteiger partial charge in [0.1, 0.15) is 11.6 Å². The fourth-order valence-corrected chi connectivity index (χ4v) is 3.89. The zero-order valence-corrected chi connectivity index (χ0v) is 16.6. The van der Waals surface area contributed by atoms with Gasteiger partial charge in [-0.25, -0.2) is 0 Å². The van der Waals surface area contributed by atoms with E-state index in [1.807, 2.05) is 19.1 Å². The summed E-state index contributed by atoms with van der Waals surface area (Å²) in [7, 11) is 0. The minimum absolute atomic E-state index is 0.0245. The second-order valence-electron chi connectivity index (χ2n) is 7.79. The van der Waals surface area contributed by atoms with Crippen molar-refractivity contribution in [2.24, 2.45) is 0 Å². The molecule has 29 heavy (non-hydrogen) atoms. The van der Waals surface area contributed by atoms with Crippen LogP contribution >= 0.6 is 0 Å². The van der Waals surface area contributed by atoms with Crippen molar-refractivity contribution in [2.75, 3.05) is 31.6 Å². The summed E-state index contributed by atoms with van der Waals surface area (Å²) in [4.78, 5) is 27.9. The van der Waals surface area contributed by atoms with Gasteiger partial charge >= 0.3 is 0 Å². The number of carbonyl (C=O) groups excluding carboxylic acids is 2. The van der Waals surface area contributed by atoms with Gasteiger partial charge in [0, 0.05) is 24.3 Å². The van der Waals surface area contributed by atoms with Crippen molar-refractivity contribution in [1.29, 1.82) is 0 Å². The number of Topliss-reactive ketones (excluding diaryl/α,β-unsaturated/α-hetero) is 1. The van der Waals surface area contributed by atoms with Crippen LogP contribution < -0.4 is 5.32 Å². The van der Waals surface area contributed by atoms with Gasteiger partial charge in [0.25, 0.3) is 0 Å². The number of amides is 1. The first-order chi connectivity index (χ1) is 14.0. The van der Waals surface area contributed by atoms with E-state index >= 15 is 0 Å². The number of carbonyl (C=O) groups is 2. The van der Waals surface area contributed by atoms with Crippen LogP contribution in [0.2, 0.25) is 0 Å². The van der Waals surface area contributed by atoms with Crippen LogP contribution in [-0.4, -0.2) is 53.5 Å². The molecule has 1 heterocycles. The number of ether oxygens (including phenoxy) is 1. The number of aliphatic hydroxyl groups excluding tert-OH is 1. The fraction of sp³-hybridized carbons (Fsp3) is 0.391. The first-order valence-corrected chi connectivity index (χ1v) is 10.0. The van der Waals surface area contributed by atoms with Gasteiger partial charge in [-0.1, -0.05) is 42.5 Å². The van der Waals surface area contributed by atoms with Crippen LogP contribution in [0.4, 0.5) is 5.69 Å². The topological polar surface area (TPSA) is 78.9 Å². The van der Waals surface area contributed by atoms with Gasteiger partial charge in [-0.3, -0.25) is 14.5 Å². The van der Waals surface area contributed by atoms with E-state index in [1.54, 1.807) is 36.4 Å². The SMILES string of the molecule is Cc1ccc(C(O)C(=O)c2ccccc2)cc1NC(=O)C1(N2CCOCC2)CC1. The molecule has 2 aromatic rings. The van der Waals surface area contributed by atoms with Gasteiger partial charge in [-0.15, -0.1) is 0 Å². The van der Waals surface area contributed by atoms with E-state index in [-0.39, 0.29) is 11.7 Å². The number of rotatable bonds is 6. The molecule has 2 fully saturated rings. The van der Waals surface area contributed by atoms with Gasteiger partial charge in [0.15, 0.2) is 5.78 Å². The van der Waals surface area contributed by atoms with E-state index in [0.29, 0.717) is 30.0 Å². The summed E-state index contributed by atoms with van der Waals surface area (Å²) in [5, 5.41) is 13.6. The number of hydrogen-bond donors (Lipinski definition) is 2. The highest BCUT2D eigenvalue weighted by Gasteiger charge is 2.54. The smallest absolute Gasteiger partial charge is 0.244 e. The summed E-state index contributed by atoms with van der Waals surface area (Å²) < 4.78 is 5.41. The lowest BCUT2D eigenvalue weighted by Crippen LogP contribution is -2.51. The highest BCUT2D eigenvalue weighted by Crippen LogP contribution is 2.43. The van der Waals surface area contributed by atoms with Crippen LogP contribution in [0, 0.1) is 6.92 Å². The molecule has 1 atom stereocenters. The van der Waals surface area contributed by atoms with Crippen LogP contribution in [0.15, 0.2) is 48.5 Å². The van der Waals surface area contributed by atoms with Crippen molar-refractivity contribution in [2.45, 2.75) is 31.4 Å². The minimum atomic E-state index is -1.28. The standard InChI is InChI=1S/C23H26N2O4/c1-16-7-8-18(21(27)20(26)17-5-3-2-4-6-17)15-19(16)24-22(28)23(9-10-23)25-11-13-29-14-12-25/h2-8,15,21,27H,9-14H2,1H3,(H,24,28). The molecular weight excluding hydrogens is 368 g/mol. The molecule has 1 saturated heterocycles. The number of benzene rings is 2. The molecule has 0 radical (unpaired) electrons. The first-order valence-electron chi connectivity index (χ1n) is 10.0. The maximum atomic E-state index is 13.1. The van der Waals surface area contributed by atoms with Gasteiger partial charge in [-0.2, -0.15) is 0 Å². The summed E-state index contributed by atoms with van der Waals surface area (Å²) >= 11 is 0. The first kappa shape index (κ1) is 19.8. The van der Waals surface area contributed by atoms with E-state index in [9.17, 15) is 14.7 Å². The molecule has 0 bridgehead atoms. The third kappa shape index (κ3) is 3.96. The Hall–Kier alpha value is -2.54. The molecule has 1 amide bonds. The summed E-state index contributed by atoms with van der Waals surface area (Å²) in [5.74, 6) is -0.387. The zero-order valence-electron chi connectivity index (χ0n) is 16.6. The highest BCUT2D eigenvalue weighted by molar-refractivity contribution is 6.02. The van der Waals surface area contributed by atoms with E-state index in [4.69, 9.17) is 4.74 Å². The Kier molecular flexibility index (Phi) is 5.50. The third-order valence-corrected chi connectivity index (χ3v) is 5.89. The molecule has 6 nitrogen and oxygen atoms in total. The Morgan fingerprint density at radius 3 is 2.45 bits per heavy atom. The van der Waals surface area contributed by atoms with Gasteiger partial charge in [-0.05, 0) is 37.0 Å². The molecule has 152 valence electrons. The Morgan fingerprint density at radius 2 is 1.79 bits per heavy atom. The largest absolute Gasteiger partial charge is 0.380 e. The molecule has 4 rings (SSSR count). The minimum Gasteiger partial charge on any atom is -0.380 e. The maximum absolute atomic E-state index is 13.1. The van der Waals surface area contributed by atoms with Crippen molar-refractivity contribution < 1.29 is 19.4 Å². The monoisotopic (exact) mass is 394 g/mol. The molecular formula is C23H26N2O4. The second kappa shape index (κ2) is 8.06. The van der Waals surface area contributed by atoms with Crippen molar-refractivity contribution in [1.82, 2.24) is 4.90 Å². The van der Waals surface area contributed by atoms with E-state index in [0.717, 1.165) is 31.5 Å². The average molecular weight is 394 g/mol. The summed E-state index contributed by atoms with van der Waals surface area (Å²) in [5.41, 5.74) is 1.99. The quantitative estimate of drug-likeness (QED) is 0.737. The van der Waals surface area contributed by atoms with Crippen LogP contribution in [-0.2, 0) is 9.53 Å². The number of hydrogen-bond acceptors (Lipinski definition) is 5. The zero-order chi connectivity index (χ0) is 20.4. The third-order valence-electron chi connectivity index (χ3n) is 5.89. The number of morpholine rings is 1. The predicted octanol–water partition coefficient (Wildman–Crippen LogP) is 2.71. The second-order valence-corrected chi connectivity index (χ2v) is 7.79. The number of aryl methyl sites for hydroxylation is 1.